The molecule has 1 aromatic heterocycles. The maximum atomic E-state index is 12.2. The number of pyridine rings is 1. The van der Waals surface area contributed by atoms with Gasteiger partial charge in [0.15, 0.2) is 5.96 Å². The Balaban J connectivity index is 0.00000544. The highest BCUT2D eigenvalue weighted by molar-refractivity contribution is 14.0. The number of anilines is 1. The van der Waals surface area contributed by atoms with Crippen LogP contribution in [0, 0.1) is 13.8 Å². The number of rotatable bonds is 12. The first-order chi connectivity index (χ1) is 15.5. The molecule has 0 aliphatic heterocycles. The molecule has 8 nitrogen and oxygen atoms in total. The van der Waals surface area contributed by atoms with E-state index in [-0.39, 0.29) is 29.9 Å². The minimum atomic E-state index is -0.102. The molecule has 0 aliphatic carbocycles. The van der Waals surface area contributed by atoms with E-state index in [1.54, 1.807) is 6.07 Å². The fourth-order valence-electron chi connectivity index (χ4n) is 2.90. The van der Waals surface area contributed by atoms with Crippen LogP contribution in [0.1, 0.15) is 37.1 Å². The van der Waals surface area contributed by atoms with Crippen LogP contribution in [0.5, 0.6) is 5.75 Å². The number of hydrogen-bond acceptors (Lipinski definition) is 5. The minimum Gasteiger partial charge on any atom is -0.491 e. The van der Waals surface area contributed by atoms with Crippen LogP contribution in [0.2, 0.25) is 0 Å². The molecule has 0 saturated carbocycles. The van der Waals surface area contributed by atoms with E-state index in [9.17, 15) is 4.79 Å². The molecule has 0 bridgehead atoms. The van der Waals surface area contributed by atoms with Crippen LogP contribution < -0.4 is 20.7 Å². The summed E-state index contributed by atoms with van der Waals surface area (Å²) in [6.45, 7) is 11.2. The standard InChI is InChI=1S/C24H35N5O3.HI/c1-5-25-24(26-13-12-23(30)29-22-9-7-8-19(4)28-22)27-17-20-11-10-18(3)16-21(20)32-15-14-31-6-2;/h7-11,16H,5-6,12-15,17H2,1-4H3,(H2,25,26,27)(H,28,29,30);1H. The molecule has 1 amide bonds. The van der Waals surface area contributed by atoms with E-state index in [2.05, 4.69) is 25.9 Å². The van der Waals surface area contributed by atoms with Crippen molar-refractivity contribution in [2.75, 3.05) is 38.2 Å². The molecule has 0 atom stereocenters. The molecule has 0 saturated heterocycles. The SMILES string of the molecule is CCNC(=NCc1ccc(C)cc1OCCOCC)NCCC(=O)Nc1cccc(C)n1.I. The van der Waals surface area contributed by atoms with Crippen molar-refractivity contribution in [2.24, 2.45) is 4.99 Å². The van der Waals surface area contributed by atoms with Crippen LogP contribution in [0.4, 0.5) is 5.82 Å². The summed E-state index contributed by atoms with van der Waals surface area (Å²) in [5.41, 5.74) is 2.98. The van der Waals surface area contributed by atoms with Gasteiger partial charge in [-0.05, 0) is 51.5 Å². The number of amides is 1. The van der Waals surface area contributed by atoms with Crippen LogP contribution in [-0.4, -0.2) is 49.8 Å². The quantitative estimate of drug-likeness (QED) is 0.156. The van der Waals surface area contributed by atoms with Gasteiger partial charge >= 0.3 is 0 Å². The molecular weight excluding hydrogens is 533 g/mol. The normalized spacial score (nSPS) is 10.8. The Labute approximate surface area is 214 Å². The van der Waals surface area contributed by atoms with Gasteiger partial charge in [-0.15, -0.1) is 24.0 Å². The van der Waals surface area contributed by atoms with Crippen LogP contribution in [0.3, 0.4) is 0 Å². The predicted octanol–water partition coefficient (Wildman–Crippen LogP) is 3.82. The Morgan fingerprint density at radius 2 is 1.91 bits per heavy atom. The first-order valence-corrected chi connectivity index (χ1v) is 11.1. The second-order valence-electron chi connectivity index (χ2n) is 7.24. The lowest BCUT2D eigenvalue weighted by Gasteiger charge is -2.14. The van der Waals surface area contributed by atoms with Crippen molar-refractivity contribution >= 4 is 41.7 Å². The predicted molar refractivity (Wildman–Crippen MR) is 144 cm³/mol. The molecule has 0 spiro atoms. The van der Waals surface area contributed by atoms with E-state index < -0.39 is 0 Å². The number of nitrogens with zero attached hydrogens (tertiary/aromatic N) is 2. The van der Waals surface area contributed by atoms with Gasteiger partial charge in [0.05, 0.1) is 13.2 Å². The number of aliphatic imine (C=N–C) groups is 1. The van der Waals surface area contributed by atoms with Gasteiger partial charge in [0, 0.05) is 37.4 Å². The first kappa shape index (κ1) is 28.6. The Hall–Kier alpha value is -2.40. The molecule has 1 aromatic carbocycles. The lowest BCUT2D eigenvalue weighted by Crippen LogP contribution is -2.38. The zero-order chi connectivity index (χ0) is 23.2. The summed E-state index contributed by atoms with van der Waals surface area (Å²) in [6.07, 6.45) is 0.302. The first-order valence-electron chi connectivity index (χ1n) is 11.1. The summed E-state index contributed by atoms with van der Waals surface area (Å²) >= 11 is 0. The highest BCUT2D eigenvalue weighted by atomic mass is 127. The molecule has 0 unspecified atom stereocenters. The van der Waals surface area contributed by atoms with Crippen LogP contribution in [-0.2, 0) is 16.1 Å². The smallest absolute Gasteiger partial charge is 0.227 e. The fourth-order valence-corrected chi connectivity index (χ4v) is 2.90. The minimum absolute atomic E-state index is 0. The van der Waals surface area contributed by atoms with E-state index in [1.165, 1.54) is 0 Å². The third-order valence-corrected chi connectivity index (χ3v) is 4.46. The summed E-state index contributed by atoms with van der Waals surface area (Å²) in [4.78, 5) is 21.1. The highest BCUT2D eigenvalue weighted by Crippen LogP contribution is 2.21. The van der Waals surface area contributed by atoms with E-state index >= 15 is 0 Å². The van der Waals surface area contributed by atoms with Crippen molar-refractivity contribution in [3.05, 3.63) is 53.2 Å². The van der Waals surface area contributed by atoms with E-state index in [0.717, 1.165) is 29.1 Å². The third-order valence-electron chi connectivity index (χ3n) is 4.46. The van der Waals surface area contributed by atoms with Gasteiger partial charge in [0.1, 0.15) is 18.2 Å². The molecule has 1 heterocycles. The number of hydrogen-bond donors (Lipinski definition) is 3. The van der Waals surface area contributed by atoms with Crippen molar-refractivity contribution < 1.29 is 14.3 Å². The van der Waals surface area contributed by atoms with E-state index in [0.29, 0.717) is 51.1 Å². The summed E-state index contributed by atoms with van der Waals surface area (Å²) in [5.74, 6) is 1.92. The van der Waals surface area contributed by atoms with Crippen molar-refractivity contribution in [1.82, 2.24) is 15.6 Å². The van der Waals surface area contributed by atoms with Crippen LogP contribution in [0.25, 0.3) is 0 Å². The number of carbonyl (C=O) groups is 1. The van der Waals surface area contributed by atoms with Crippen molar-refractivity contribution in [1.29, 1.82) is 0 Å². The second-order valence-corrected chi connectivity index (χ2v) is 7.24. The van der Waals surface area contributed by atoms with Gasteiger partial charge in [-0.3, -0.25) is 4.79 Å². The zero-order valence-corrected chi connectivity index (χ0v) is 22.3. The van der Waals surface area contributed by atoms with Crippen molar-refractivity contribution in [3.8, 4) is 5.75 Å². The molecular formula is C24H36IN5O3. The Morgan fingerprint density at radius 1 is 1.09 bits per heavy atom. The molecule has 2 rings (SSSR count). The number of halogens is 1. The summed E-state index contributed by atoms with van der Waals surface area (Å²) < 4.78 is 11.2. The molecule has 0 fully saturated rings. The van der Waals surface area contributed by atoms with Gasteiger partial charge in [-0.25, -0.2) is 9.98 Å². The molecule has 0 radical (unpaired) electrons. The van der Waals surface area contributed by atoms with Gasteiger partial charge in [-0.2, -0.15) is 0 Å². The molecule has 182 valence electrons. The lowest BCUT2D eigenvalue weighted by molar-refractivity contribution is -0.116. The third kappa shape index (κ3) is 11.3. The maximum absolute atomic E-state index is 12.2. The number of ether oxygens (including phenoxy) is 2. The fraction of sp³-hybridized carbons (Fsp3) is 0.458. The largest absolute Gasteiger partial charge is 0.491 e. The Kier molecular flexibility index (Phi) is 14.1. The zero-order valence-electron chi connectivity index (χ0n) is 19.9. The molecule has 0 aliphatic rings. The van der Waals surface area contributed by atoms with E-state index in [4.69, 9.17) is 9.47 Å². The number of benzene rings is 1. The number of aromatic nitrogens is 1. The van der Waals surface area contributed by atoms with Gasteiger partial charge < -0.3 is 25.4 Å². The number of carbonyl (C=O) groups excluding carboxylic acids is 1. The molecule has 3 N–H and O–H groups in total. The average Bonchev–Trinajstić information content (AvgIpc) is 2.76. The average molecular weight is 569 g/mol. The van der Waals surface area contributed by atoms with E-state index in [1.807, 2.05) is 58.0 Å². The summed E-state index contributed by atoms with van der Waals surface area (Å²) in [5, 5.41) is 9.23. The topological polar surface area (TPSA) is 96.9 Å². The number of aryl methyl sites for hydroxylation is 2. The summed E-state index contributed by atoms with van der Waals surface area (Å²) in [7, 11) is 0. The molecule has 2 aromatic rings. The Morgan fingerprint density at radius 3 is 2.64 bits per heavy atom. The monoisotopic (exact) mass is 569 g/mol. The number of nitrogens with one attached hydrogen (secondary N) is 3. The van der Waals surface area contributed by atoms with Gasteiger partial charge in [0.25, 0.3) is 0 Å². The molecule has 9 heteroatoms. The maximum Gasteiger partial charge on any atom is 0.227 e. The van der Waals surface area contributed by atoms with Gasteiger partial charge in [-0.1, -0.05) is 18.2 Å². The summed E-state index contributed by atoms with van der Waals surface area (Å²) in [6, 6.07) is 11.6. The number of guanidine groups is 1. The second kappa shape index (κ2) is 16.2. The lowest BCUT2D eigenvalue weighted by atomic mass is 10.1. The van der Waals surface area contributed by atoms with Gasteiger partial charge in [0.2, 0.25) is 5.91 Å². The van der Waals surface area contributed by atoms with Crippen LogP contribution in [0.15, 0.2) is 41.4 Å². The molecule has 33 heavy (non-hydrogen) atoms. The Bertz CT molecular complexity index is 892. The van der Waals surface area contributed by atoms with Crippen molar-refractivity contribution in [2.45, 2.75) is 40.7 Å². The highest BCUT2D eigenvalue weighted by Gasteiger charge is 2.07. The van der Waals surface area contributed by atoms with Crippen LogP contribution >= 0.6 is 24.0 Å². The van der Waals surface area contributed by atoms with Crippen molar-refractivity contribution in [3.63, 3.8) is 0 Å².